The highest BCUT2D eigenvalue weighted by Crippen LogP contribution is 2.20. The average molecular weight is 166 g/mol. The van der Waals surface area contributed by atoms with E-state index >= 15 is 0 Å². The highest BCUT2D eigenvalue weighted by atomic mass is 32.1. The van der Waals surface area contributed by atoms with Gasteiger partial charge in [0.15, 0.2) is 0 Å². The maximum Gasteiger partial charge on any atom is 0.305 e. The summed E-state index contributed by atoms with van der Waals surface area (Å²) in [4.78, 5) is 13.5. The lowest BCUT2D eigenvalue weighted by Crippen LogP contribution is -1.89. The molecule has 0 aliphatic carbocycles. The van der Waals surface area contributed by atoms with E-state index in [1.54, 1.807) is 6.07 Å². The number of nitrogens with one attached hydrogen (secondary N) is 1. The molecule has 0 atom stereocenters. The third-order valence-electron chi connectivity index (χ3n) is 1.48. The third kappa shape index (κ3) is 0.914. The lowest BCUT2D eigenvalue weighted by molar-refractivity contribution is 1.41. The van der Waals surface area contributed by atoms with Crippen LogP contribution in [-0.4, -0.2) is 4.98 Å². The number of thiazole rings is 1. The second-order valence-corrected chi connectivity index (χ2v) is 3.22. The van der Waals surface area contributed by atoms with Crippen LogP contribution in [0.1, 0.15) is 0 Å². The smallest absolute Gasteiger partial charge is 0.305 e. The van der Waals surface area contributed by atoms with Gasteiger partial charge in [0.1, 0.15) is 0 Å². The van der Waals surface area contributed by atoms with Gasteiger partial charge in [-0.15, -0.1) is 0 Å². The molecule has 4 heteroatoms. The lowest BCUT2D eigenvalue weighted by Gasteiger charge is -1.90. The van der Waals surface area contributed by atoms with E-state index in [4.69, 9.17) is 5.73 Å². The molecule has 0 spiro atoms. The van der Waals surface area contributed by atoms with E-state index in [0.29, 0.717) is 5.69 Å². The first kappa shape index (κ1) is 6.42. The zero-order chi connectivity index (χ0) is 7.84. The Morgan fingerprint density at radius 3 is 3.00 bits per heavy atom. The number of hydrogen-bond acceptors (Lipinski definition) is 3. The second kappa shape index (κ2) is 2.10. The van der Waals surface area contributed by atoms with Crippen LogP contribution in [0.3, 0.4) is 0 Å². The van der Waals surface area contributed by atoms with Crippen LogP contribution in [0.2, 0.25) is 0 Å². The highest BCUT2D eigenvalue weighted by molar-refractivity contribution is 7.17. The Balaban J connectivity index is 3.01. The van der Waals surface area contributed by atoms with Crippen molar-refractivity contribution in [3.8, 4) is 0 Å². The number of aromatic amines is 1. The fourth-order valence-electron chi connectivity index (χ4n) is 0.995. The summed E-state index contributed by atoms with van der Waals surface area (Å²) in [5.41, 5.74) is 7.10. The number of benzene rings is 1. The van der Waals surface area contributed by atoms with E-state index in [9.17, 15) is 4.79 Å². The monoisotopic (exact) mass is 166 g/mol. The molecule has 0 unspecified atom stereocenters. The normalized spacial score (nSPS) is 10.5. The van der Waals surface area contributed by atoms with Gasteiger partial charge in [-0.25, -0.2) is 0 Å². The maximum atomic E-state index is 10.8. The molecule has 0 bridgehead atoms. The Morgan fingerprint density at radius 1 is 1.45 bits per heavy atom. The summed E-state index contributed by atoms with van der Waals surface area (Å²) in [6.45, 7) is 0. The highest BCUT2D eigenvalue weighted by Gasteiger charge is 1.99. The quantitative estimate of drug-likeness (QED) is 0.577. The predicted molar refractivity (Wildman–Crippen MR) is 46.9 cm³/mol. The van der Waals surface area contributed by atoms with Crippen molar-refractivity contribution in [2.24, 2.45) is 0 Å². The van der Waals surface area contributed by atoms with Gasteiger partial charge in [0.2, 0.25) is 0 Å². The summed E-state index contributed by atoms with van der Waals surface area (Å²) in [5, 5.41) is 0. The molecule has 0 radical (unpaired) electrons. The Hall–Kier alpha value is -1.29. The van der Waals surface area contributed by atoms with Gasteiger partial charge < -0.3 is 10.7 Å². The van der Waals surface area contributed by atoms with Crippen molar-refractivity contribution >= 4 is 27.2 Å². The lowest BCUT2D eigenvalue weighted by atomic mass is 10.3. The molecule has 0 amide bonds. The molecule has 1 aromatic heterocycles. The molecular weight excluding hydrogens is 160 g/mol. The van der Waals surface area contributed by atoms with E-state index in [1.165, 1.54) is 0 Å². The van der Waals surface area contributed by atoms with E-state index in [-0.39, 0.29) is 4.87 Å². The molecule has 11 heavy (non-hydrogen) atoms. The summed E-state index contributed by atoms with van der Waals surface area (Å²) in [5.74, 6) is 0. The average Bonchev–Trinajstić information content (AvgIpc) is 2.31. The molecule has 0 saturated carbocycles. The van der Waals surface area contributed by atoms with E-state index in [0.717, 1.165) is 21.6 Å². The molecule has 1 aromatic carbocycles. The predicted octanol–water partition coefficient (Wildman–Crippen LogP) is 1.17. The Bertz CT molecular complexity index is 443. The van der Waals surface area contributed by atoms with Crippen molar-refractivity contribution in [1.82, 2.24) is 4.98 Å². The fraction of sp³-hybridized carbons (Fsp3) is 0. The molecule has 0 fully saturated rings. The van der Waals surface area contributed by atoms with Crippen LogP contribution in [0.5, 0.6) is 0 Å². The van der Waals surface area contributed by atoms with Crippen molar-refractivity contribution < 1.29 is 0 Å². The third-order valence-corrected chi connectivity index (χ3v) is 2.42. The second-order valence-electron chi connectivity index (χ2n) is 2.24. The molecule has 2 aromatic rings. The zero-order valence-electron chi connectivity index (χ0n) is 5.63. The molecule has 0 saturated heterocycles. The number of nitrogens with two attached hydrogens (primary N) is 1. The minimum absolute atomic E-state index is 0.0575. The number of fused-ring (bicyclic) bond motifs is 1. The summed E-state index contributed by atoms with van der Waals surface area (Å²) in [7, 11) is 0. The van der Waals surface area contributed by atoms with Gasteiger partial charge in [0.25, 0.3) is 0 Å². The van der Waals surface area contributed by atoms with Gasteiger partial charge in [-0.3, -0.25) is 4.79 Å². The molecule has 3 N–H and O–H groups in total. The molecule has 2 rings (SSSR count). The van der Waals surface area contributed by atoms with Crippen molar-refractivity contribution in [3.63, 3.8) is 0 Å². The minimum atomic E-state index is -0.0575. The largest absolute Gasteiger partial charge is 0.398 e. The SMILES string of the molecule is Nc1cccc2[nH]c(=O)sc12. The number of aromatic nitrogens is 1. The summed E-state index contributed by atoms with van der Waals surface area (Å²) < 4.78 is 0.845. The van der Waals surface area contributed by atoms with Gasteiger partial charge in [0, 0.05) is 0 Å². The Kier molecular flexibility index (Phi) is 1.22. The number of rotatable bonds is 0. The Morgan fingerprint density at radius 2 is 2.27 bits per heavy atom. The van der Waals surface area contributed by atoms with Crippen molar-refractivity contribution in [3.05, 3.63) is 27.9 Å². The molecule has 56 valence electrons. The van der Waals surface area contributed by atoms with Crippen LogP contribution in [-0.2, 0) is 0 Å². The van der Waals surface area contributed by atoms with Crippen LogP contribution in [0.15, 0.2) is 23.0 Å². The van der Waals surface area contributed by atoms with E-state index < -0.39 is 0 Å². The maximum absolute atomic E-state index is 10.8. The zero-order valence-corrected chi connectivity index (χ0v) is 6.44. The van der Waals surface area contributed by atoms with Crippen LogP contribution < -0.4 is 10.6 Å². The number of nitrogen functional groups attached to an aromatic ring is 1. The minimum Gasteiger partial charge on any atom is -0.398 e. The van der Waals surface area contributed by atoms with Gasteiger partial charge in [-0.1, -0.05) is 17.4 Å². The number of anilines is 1. The fourth-order valence-corrected chi connectivity index (χ4v) is 1.76. The van der Waals surface area contributed by atoms with Crippen LogP contribution in [0.4, 0.5) is 5.69 Å². The van der Waals surface area contributed by atoms with Crippen molar-refractivity contribution in [2.75, 3.05) is 5.73 Å². The van der Waals surface area contributed by atoms with Crippen molar-refractivity contribution in [2.45, 2.75) is 0 Å². The topological polar surface area (TPSA) is 58.9 Å². The van der Waals surface area contributed by atoms with Gasteiger partial charge in [0.05, 0.1) is 15.9 Å². The Labute approximate surface area is 66.5 Å². The molecule has 1 heterocycles. The van der Waals surface area contributed by atoms with Gasteiger partial charge in [-0.2, -0.15) is 0 Å². The first-order valence-electron chi connectivity index (χ1n) is 3.15. The molecule has 0 aliphatic heterocycles. The van der Waals surface area contributed by atoms with Crippen LogP contribution in [0, 0.1) is 0 Å². The molecular formula is C7H6N2OS. The first-order valence-corrected chi connectivity index (χ1v) is 3.96. The van der Waals surface area contributed by atoms with E-state index in [2.05, 4.69) is 4.98 Å². The first-order chi connectivity index (χ1) is 5.27. The van der Waals surface area contributed by atoms with E-state index in [1.807, 2.05) is 12.1 Å². The summed E-state index contributed by atoms with van der Waals surface area (Å²) >= 11 is 1.14. The molecule has 0 aliphatic rings. The summed E-state index contributed by atoms with van der Waals surface area (Å²) in [6, 6.07) is 5.44. The van der Waals surface area contributed by atoms with Gasteiger partial charge in [-0.05, 0) is 12.1 Å². The number of hydrogen-bond donors (Lipinski definition) is 2. The van der Waals surface area contributed by atoms with Crippen LogP contribution >= 0.6 is 11.3 Å². The number of H-pyrrole nitrogens is 1. The van der Waals surface area contributed by atoms with Crippen molar-refractivity contribution in [1.29, 1.82) is 0 Å². The standard InChI is InChI=1S/C7H6N2OS/c8-4-2-1-3-5-6(4)11-7(10)9-5/h1-3H,8H2,(H,9,10). The molecule has 3 nitrogen and oxygen atoms in total. The van der Waals surface area contributed by atoms with Gasteiger partial charge >= 0.3 is 4.87 Å². The summed E-state index contributed by atoms with van der Waals surface area (Å²) in [6.07, 6.45) is 0. The van der Waals surface area contributed by atoms with Crippen LogP contribution in [0.25, 0.3) is 10.2 Å².